The van der Waals surface area contributed by atoms with Gasteiger partial charge in [-0.25, -0.2) is 0 Å². The molecule has 0 aromatic heterocycles. The largest absolute Gasteiger partial charge is 0.453 e. The van der Waals surface area contributed by atoms with Gasteiger partial charge in [-0.15, -0.1) is 0 Å². The van der Waals surface area contributed by atoms with Crippen molar-refractivity contribution >= 4 is 5.69 Å². The summed E-state index contributed by atoms with van der Waals surface area (Å²) < 4.78 is 10.4. The zero-order valence-corrected chi connectivity index (χ0v) is 10.4. The Hall–Kier alpha value is -1.82. The first kappa shape index (κ1) is 12.2. The maximum absolute atomic E-state index is 11.1. The molecular weight excluding hydrogens is 250 g/mol. The number of nitro groups is 1. The van der Waals surface area contributed by atoms with Crippen LogP contribution in [0.15, 0.2) is 12.1 Å². The Morgan fingerprint density at radius 3 is 2.63 bits per heavy atom. The predicted octanol–water partition coefficient (Wildman–Crippen LogP) is 2.34. The highest BCUT2D eigenvalue weighted by molar-refractivity contribution is 5.59. The van der Waals surface area contributed by atoms with Gasteiger partial charge in [0, 0.05) is 6.07 Å². The quantitative estimate of drug-likeness (QED) is 0.655. The lowest BCUT2D eigenvalue weighted by atomic mass is 9.82. The standard InChI is InChI=1S/C13H15NO5/c15-10-3-1-8(2-4-10)9-5-11(14(16)17)13-12(6-9)18-7-19-13/h5-6,8,10,15H,1-4,7H2. The molecule has 2 aliphatic rings. The molecule has 1 fully saturated rings. The second-order valence-corrected chi connectivity index (χ2v) is 5.04. The molecule has 1 saturated carbocycles. The van der Waals surface area contributed by atoms with Crippen molar-refractivity contribution in [3.63, 3.8) is 0 Å². The molecule has 0 radical (unpaired) electrons. The van der Waals surface area contributed by atoms with E-state index in [1.54, 1.807) is 6.07 Å². The summed E-state index contributed by atoms with van der Waals surface area (Å²) in [4.78, 5) is 10.6. The lowest BCUT2D eigenvalue weighted by Crippen LogP contribution is -2.17. The van der Waals surface area contributed by atoms with Crippen molar-refractivity contribution in [1.82, 2.24) is 0 Å². The summed E-state index contributed by atoms with van der Waals surface area (Å²) in [7, 11) is 0. The van der Waals surface area contributed by atoms with E-state index >= 15 is 0 Å². The third-order valence-electron chi connectivity index (χ3n) is 3.84. The SMILES string of the molecule is O=[N+]([O-])c1cc(C2CCC(O)CC2)cc2c1OCO2. The minimum absolute atomic E-state index is 0.0308. The molecule has 3 rings (SSSR count). The van der Waals surface area contributed by atoms with Gasteiger partial charge in [0.2, 0.25) is 12.5 Å². The number of hydrogen-bond acceptors (Lipinski definition) is 5. The molecule has 0 saturated heterocycles. The molecule has 0 unspecified atom stereocenters. The molecule has 1 aliphatic heterocycles. The van der Waals surface area contributed by atoms with E-state index in [1.165, 1.54) is 0 Å². The third kappa shape index (κ3) is 2.23. The van der Waals surface area contributed by atoms with Crippen LogP contribution in [-0.4, -0.2) is 22.9 Å². The van der Waals surface area contributed by atoms with E-state index in [-0.39, 0.29) is 30.3 Å². The van der Waals surface area contributed by atoms with Gasteiger partial charge in [0.1, 0.15) is 0 Å². The fourth-order valence-electron chi connectivity index (χ4n) is 2.79. The highest BCUT2D eigenvalue weighted by atomic mass is 16.7. The first-order chi connectivity index (χ1) is 9.15. The van der Waals surface area contributed by atoms with Gasteiger partial charge < -0.3 is 14.6 Å². The second-order valence-electron chi connectivity index (χ2n) is 5.04. The molecule has 6 nitrogen and oxygen atoms in total. The summed E-state index contributed by atoms with van der Waals surface area (Å²) in [6, 6.07) is 3.41. The van der Waals surface area contributed by atoms with Crippen LogP contribution in [0.2, 0.25) is 0 Å². The molecule has 102 valence electrons. The number of nitrogens with zero attached hydrogens (tertiary/aromatic N) is 1. The van der Waals surface area contributed by atoms with Crippen LogP contribution < -0.4 is 9.47 Å². The smallest absolute Gasteiger partial charge is 0.315 e. The van der Waals surface area contributed by atoms with E-state index in [1.807, 2.05) is 6.07 Å². The highest BCUT2D eigenvalue weighted by Gasteiger charge is 2.30. The van der Waals surface area contributed by atoms with Gasteiger partial charge in [-0.1, -0.05) is 0 Å². The number of ether oxygens (including phenoxy) is 2. The number of benzene rings is 1. The topological polar surface area (TPSA) is 81.8 Å². The molecule has 1 aromatic rings. The highest BCUT2D eigenvalue weighted by Crippen LogP contribution is 2.45. The number of nitro benzene ring substituents is 1. The summed E-state index contributed by atoms with van der Waals surface area (Å²) in [5.74, 6) is 0.927. The predicted molar refractivity (Wildman–Crippen MR) is 66.4 cm³/mol. The van der Waals surface area contributed by atoms with Crippen LogP contribution in [-0.2, 0) is 0 Å². The van der Waals surface area contributed by atoms with Crippen molar-refractivity contribution in [2.24, 2.45) is 0 Å². The number of rotatable bonds is 2. The molecule has 0 amide bonds. The maximum atomic E-state index is 11.1. The zero-order valence-electron chi connectivity index (χ0n) is 10.4. The summed E-state index contributed by atoms with van der Waals surface area (Å²) in [5, 5.41) is 20.6. The van der Waals surface area contributed by atoms with Crippen molar-refractivity contribution in [3.8, 4) is 11.5 Å². The monoisotopic (exact) mass is 265 g/mol. The van der Waals surface area contributed by atoms with Crippen molar-refractivity contribution in [3.05, 3.63) is 27.8 Å². The van der Waals surface area contributed by atoms with Gasteiger partial charge in [0.15, 0.2) is 5.75 Å². The van der Waals surface area contributed by atoms with Crippen LogP contribution in [0.1, 0.15) is 37.2 Å². The van der Waals surface area contributed by atoms with Crippen molar-refractivity contribution in [2.75, 3.05) is 6.79 Å². The molecule has 1 heterocycles. The summed E-state index contributed by atoms with van der Waals surface area (Å²) in [6.45, 7) is 0.0308. The molecule has 1 aliphatic carbocycles. The molecular formula is C13H15NO5. The van der Waals surface area contributed by atoms with Crippen LogP contribution in [0.25, 0.3) is 0 Å². The molecule has 0 bridgehead atoms. The van der Waals surface area contributed by atoms with Gasteiger partial charge in [0.25, 0.3) is 0 Å². The van der Waals surface area contributed by atoms with Crippen molar-refractivity contribution in [1.29, 1.82) is 0 Å². The second kappa shape index (κ2) is 4.70. The van der Waals surface area contributed by atoms with Gasteiger partial charge in [-0.3, -0.25) is 10.1 Å². The molecule has 6 heteroatoms. The average molecular weight is 265 g/mol. The van der Waals surface area contributed by atoms with E-state index in [0.29, 0.717) is 5.75 Å². The van der Waals surface area contributed by atoms with Gasteiger partial charge >= 0.3 is 5.69 Å². The number of aliphatic hydroxyl groups excluding tert-OH is 1. The lowest BCUT2D eigenvalue weighted by molar-refractivity contribution is -0.385. The molecule has 1 aromatic carbocycles. The van der Waals surface area contributed by atoms with Gasteiger partial charge in [0.05, 0.1) is 11.0 Å². The lowest BCUT2D eigenvalue weighted by Gasteiger charge is -2.25. The number of hydrogen-bond donors (Lipinski definition) is 1. The summed E-state index contributed by atoms with van der Waals surface area (Å²) in [6.07, 6.45) is 2.94. The van der Waals surface area contributed by atoms with Crippen molar-refractivity contribution in [2.45, 2.75) is 37.7 Å². The minimum atomic E-state index is -0.436. The Morgan fingerprint density at radius 1 is 1.21 bits per heavy atom. The molecule has 1 N–H and O–H groups in total. The molecule has 19 heavy (non-hydrogen) atoms. The number of aliphatic hydroxyl groups is 1. The Kier molecular flexibility index (Phi) is 3.02. The van der Waals surface area contributed by atoms with Crippen LogP contribution in [0.3, 0.4) is 0 Å². The molecule has 0 spiro atoms. The van der Waals surface area contributed by atoms with Gasteiger partial charge in [-0.05, 0) is 43.2 Å². The fourth-order valence-corrected chi connectivity index (χ4v) is 2.79. The van der Waals surface area contributed by atoms with E-state index in [4.69, 9.17) is 9.47 Å². The van der Waals surface area contributed by atoms with Crippen LogP contribution in [0.5, 0.6) is 11.5 Å². The fraction of sp³-hybridized carbons (Fsp3) is 0.538. The van der Waals surface area contributed by atoms with E-state index < -0.39 is 4.92 Å². The van der Waals surface area contributed by atoms with Crippen LogP contribution in [0, 0.1) is 10.1 Å². The van der Waals surface area contributed by atoms with E-state index in [2.05, 4.69) is 0 Å². The van der Waals surface area contributed by atoms with E-state index in [0.717, 1.165) is 31.2 Å². The zero-order chi connectivity index (χ0) is 13.4. The van der Waals surface area contributed by atoms with Crippen molar-refractivity contribution < 1.29 is 19.5 Å². The van der Waals surface area contributed by atoms with E-state index in [9.17, 15) is 15.2 Å². The summed E-state index contributed by atoms with van der Waals surface area (Å²) in [5.41, 5.74) is 0.874. The Balaban J connectivity index is 1.94. The Labute approximate surface area is 110 Å². The van der Waals surface area contributed by atoms with Gasteiger partial charge in [-0.2, -0.15) is 0 Å². The maximum Gasteiger partial charge on any atom is 0.315 e. The van der Waals surface area contributed by atoms with Crippen LogP contribution >= 0.6 is 0 Å². The average Bonchev–Trinajstić information content (AvgIpc) is 2.86. The summed E-state index contributed by atoms with van der Waals surface area (Å²) >= 11 is 0. The number of fused-ring (bicyclic) bond motifs is 1. The third-order valence-corrected chi connectivity index (χ3v) is 3.84. The normalized spacial score (nSPS) is 25.3. The first-order valence-corrected chi connectivity index (χ1v) is 6.41. The first-order valence-electron chi connectivity index (χ1n) is 6.41. The Bertz CT molecular complexity index is 508. The van der Waals surface area contributed by atoms with Crippen LogP contribution in [0.4, 0.5) is 5.69 Å². The minimum Gasteiger partial charge on any atom is -0.453 e. The Morgan fingerprint density at radius 2 is 1.95 bits per heavy atom. The molecule has 0 atom stereocenters.